The van der Waals surface area contributed by atoms with Crippen LogP contribution in [0.1, 0.15) is 11.8 Å². The van der Waals surface area contributed by atoms with E-state index in [0.29, 0.717) is 6.42 Å². The van der Waals surface area contributed by atoms with Gasteiger partial charge in [0.25, 0.3) is 11.5 Å². The highest BCUT2D eigenvalue weighted by molar-refractivity contribution is 5.91. The summed E-state index contributed by atoms with van der Waals surface area (Å²) in [5.41, 5.74) is 4.94. The summed E-state index contributed by atoms with van der Waals surface area (Å²) in [5.74, 6) is -2.19. The van der Waals surface area contributed by atoms with Gasteiger partial charge in [0.15, 0.2) is 18.1 Å². The highest BCUT2D eigenvalue weighted by Crippen LogP contribution is 2.34. The number of ether oxygens (including phenoxy) is 4. The maximum atomic E-state index is 12.7. The Hall–Kier alpha value is -3.86. The van der Waals surface area contributed by atoms with E-state index in [1.54, 1.807) is 0 Å². The van der Waals surface area contributed by atoms with Gasteiger partial charge in [0.2, 0.25) is 12.2 Å². The van der Waals surface area contributed by atoms with Crippen LogP contribution in [-0.2, 0) is 35.0 Å². The Kier molecular flexibility index (Phi) is 9.14. The zero-order chi connectivity index (χ0) is 29.0. The molecule has 0 bridgehead atoms. The summed E-state index contributed by atoms with van der Waals surface area (Å²) in [6.07, 6.45) is -9.93. The molecule has 15 nitrogen and oxygen atoms in total. The number of carbonyl (C=O) groups excluding carboxylic acids is 2. The third-order valence-electron chi connectivity index (χ3n) is 6.47. The number of nitrogens with one attached hydrogen (secondary N) is 2. The standard InChI is InChI=1S/C25H30N4O11/c1-37-18-17(33)23(29-10-8-15(31)28-25(29)36)39-19(18)20(21(26)34)40-24-16(32)13(30)11-14(38-24)22(35)27-9-7-12-5-3-2-4-6-12/h2-6,8,10-11,13,16-20,23-24,30,32-33H,7,9H2,1H3,(H2,26,34)(H,27,35)(H,28,31,36)/t13-,16-,17+,18-,19?,20?,23+,24+/m0/s1. The minimum absolute atomic E-state index is 0.243. The highest BCUT2D eigenvalue weighted by atomic mass is 16.7. The normalized spacial score (nSPS) is 28.8. The van der Waals surface area contributed by atoms with Crippen molar-refractivity contribution < 1.29 is 43.9 Å². The lowest BCUT2D eigenvalue weighted by molar-refractivity contribution is -0.241. The quantitative estimate of drug-likeness (QED) is 0.171. The fourth-order valence-corrected chi connectivity index (χ4v) is 4.44. The molecule has 7 N–H and O–H groups in total. The van der Waals surface area contributed by atoms with E-state index in [9.17, 15) is 34.5 Å². The fourth-order valence-electron chi connectivity index (χ4n) is 4.44. The predicted molar refractivity (Wildman–Crippen MR) is 134 cm³/mol. The minimum Gasteiger partial charge on any atom is -0.456 e. The second kappa shape index (κ2) is 12.5. The van der Waals surface area contributed by atoms with E-state index < -0.39 is 72.2 Å². The van der Waals surface area contributed by atoms with E-state index in [1.165, 1.54) is 7.11 Å². The van der Waals surface area contributed by atoms with Crippen LogP contribution in [0.2, 0.25) is 0 Å². The molecule has 1 fully saturated rings. The van der Waals surface area contributed by atoms with Crippen molar-refractivity contribution in [3.63, 3.8) is 0 Å². The summed E-state index contributed by atoms with van der Waals surface area (Å²) in [6.45, 7) is 0.243. The molecule has 2 unspecified atom stereocenters. The number of amides is 2. The zero-order valence-corrected chi connectivity index (χ0v) is 21.3. The molecule has 4 rings (SSSR count). The second-order valence-electron chi connectivity index (χ2n) is 9.15. The number of rotatable bonds is 10. The predicted octanol–water partition coefficient (Wildman–Crippen LogP) is -3.00. The number of carbonyl (C=O) groups is 2. The molecule has 216 valence electrons. The van der Waals surface area contributed by atoms with Gasteiger partial charge in [0.05, 0.1) is 0 Å². The molecule has 2 aliphatic heterocycles. The Bertz CT molecular complexity index is 1340. The molecular formula is C25H30N4O11. The maximum absolute atomic E-state index is 12.7. The number of nitrogens with two attached hydrogens (primary N) is 1. The van der Waals surface area contributed by atoms with Crippen molar-refractivity contribution in [3.8, 4) is 0 Å². The molecule has 2 amide bonds. The summed E-state index contributed by atoms with van der Waals surface area (Å²) >= 11 is 0. The van der Waals surface area contributed by atoms with Gasteiger partial charge >= 0.3 is 5.69 Å². The topological polar surface area (TPSA) is 225 Å². The number of aromatic amines is 1. The molecule has 0 radical (unpaired) electrons. The molecule has 15 heteroatoms. The van der Waals surface area contributed by atoms with Gasteiger partial charge in [0.1, 0.15) is 30.5 Å². The highest BCUT2D eigenvalue weighted by Gasteiger charge is 2.52. The minimum atomic E-state index is -1.76. The molecule has 0 spiro atoms. The molecule has 1 aromatic carbocycles. The summed E-state index contributed by atoms with van der Waals surface area (Å²) in [5, 5.41) is 34.2. The van der Waals surface area contributed by atoms with Crippen molar-refractivity contribution in [2.75, 3.05) is 13.7 Å². The molecule has 3 heterocycles. The van der Waals surface area contributed by atoms with Gasteiger partial charge < -0.3 is 45.3 Å². The van der Waals surface area contributed by atoms with Crippen LogP contribution in [0.5, 0.6) is 0 Å². The van der Waals surface area contributed by atoms with Crippen LogP contribution in [0.15, 0.2) is 64.0 Å². The Morgan fingerprint density at radius 2 is 1.88 bits per heavy atom. The van der Waals surface area contributed by atoms with Crippen LogP contribution in [0.3, 0.4) is 0 Å². The number of primary amides is 1. The third-order valence-corrected chi connectivity index (χ3v) is 6.47. The van der Waals surface area contributed by atoms with Gasteiger partial charge in [-0.15, -0.1) is 0 Å². The molecule has 1 saturated heterocycles. The number of hydrogen-bond donors (Lipinski definition) is 6. The number of aliphatic hydroxyl groups excluding tert-OH is 3. The van der Waals surface area contributed by atoms with E-state index in [4.69, 9.17) is 24.7 Å². The Morgan fingerprint density at radius 3 is 2.52 bits per heavy atom. The number of hydrogen-bond acceptors (Lipinski definition) is 11. The number of methoxy groups -OCH3 is 1. The van der Waals surface area contributed by atoms with E-state index in [0.717, 1.165) is 28.5 Å². The first-order chi connectivity index (χ1) is 19.1. The Balaban J connectivity index is 1.48. The number of aromatic nitrogens is 2. The lowest BCUT2D eigenvalue weighted by Crippen LogP contribution is -2.54. The van der Waals surface area contributed by atoms with Gasteiger partial charge in [0, 0.05) is 25.9 Å². The van der Waals surface area contributed by atoms with E-state index in [2.05, 4.69) is 5.32 Å². The van der Waals surface area contributed by atoms with Gasteiger partial charge in [-0.3, -0.25) is 23.9 Å². The average molecular weight is 563 g/mol. The monoisotopic (exact) mass is 562 g/mol. The van der Waals surface area contributed by atoms with Crippen molar-refractivity contribution in [1.82, 2.24) is 14.9 Å². The smallest absolute Gasteiger partial charge is 0.330 e. The summed E-state index contributed by atoms with van der Waals surface area (Å²) in [7, 11) is 1.21. The van der Waals surface area contributed by atoms with E-state index >= 15 is 0 Å². The first-order valence-electron chi connectivity index (χ1n) is 12.3. The summed E-state index contributed by atoms with van der Waals surface area (Å²) < 4.78 is 23.0. The molecule has 2 aromatic rings. The number of H-pyrrole nitrogens is 1. The second-order valence-corrected chi connectivity index (χ2v) is 9.15. The average Bonchev–Trinajstić information content (AvgIpc) is 3.24. The van der Waals surface area contributed by atoms with Crippen LogP contribution in [0.25, 0.3) is 0 Å². The fraction of sp³-hybridized carbons (Fsp3) is 0.440. The van der Waals surface area contributed by atoms with E-state index in [-0.39, 0.29) is 12.3 Å². The van der Waals surface area contributed by atoms with Gasteiger partial charge in [-0.2, -0.15) is 0 Å². The van der Waals surface area contributed by atoms with Crippen LogP contribution >= 0.6 is 0 Å². The molecular weight excluding hydrogens is 532 g/mol. The van der Waals surface area contributed by atoms with Gasteiger partial charge in [-0.25, -0.2) is 4.79 Å². The first kappa shape index (κ1) is 29.1. The van der Waals surface area contributed by atoms with Crippen molar-refractivity contribution in [2.45, 2.75) is 55.6 Å². The molecule has 2 aliphatic rings. The van der Waals surface area contributed by atoms with Crippen molar-refractivity contribution >= 4 is 11.8 Å². The molecule has 40 heavy (non-hydrogen) atoms. The zero-order valence-electron chi connectivity index (χ0n) is 21.3. The molecule has 0 aliphatic carbocycles. The number of nitrogens with zero attached hydrogens (tertiary/aromatic N) is 1. The molecule has 1 aromatic heterocycles. The Morgan fingerprint density at radius 1 is 1.15 bits per heavy atom. The number of benzene rings is 1. The molecule has 8 atom stereocenters. The summed E-state index contributed by atoms with van der Waals surface area (Å²) in [6, 6.07) is 10.4. The van der Waals surface area contributed by atoms with Gasteiger partial charge in [-0.05, 0) is 18.1 Å². The number of aliphatic hydroxyl groups is 3. The lowest BCUT2D eigenvalue weighted by Gasteiger charge is -2.35. The van der Waals surface area contributed by atoms with Crippen molar-refractivity contribution in [1.29, 1.82) is 0 Å². The van der Waals surface area contributed by atoms with Crippen molar-refractivity contribution in [2.24, 2.45) is 5.73 Å². The van der Waals surface area contributed by atoms with Gasteiger partial charge in [-0.1, -0.05) is 30.3 Å². The third kappa shape index (κ3) is 6.30. The molecule has 0 saturated carbocycles. The first-order valence-corrected chi connectivity index (χ1v) is 12.3. The van der Waals surface area contributed by atoms with E-state index in [1.807, 2.05) is 35.3 Å². The van der Waals surface area contributed by atoms with Crippen molar-refractivity contribution in [3.05, 3.63) is 80.8 Å². The largest absolute Gasteiger partial charge is 0.456 e. The summed E-state index contributed by atoms with van der Waals surface area (Å²) in [4.78, 5) is 50.8. The lowest BCUT2D eigenvalue weighted by atomic mass is 10.0. The Labute approximate surface area is 226 Å². The van der Waals surface area contributed by atoms with Crippen LogP contribution < -0.4 is 22.3 Å². The van der Waals surface area contributed by atoms with Crippen LogP contribution in [0, 0.1) is 0 Å². The maximum Gasteiger partial charge on any atom is 0.330 e. The SMILES string of the molecule is CO[C@@H]1C(C(O[C@H]2OC(C(=O)NCCc3ccccc3)=C[C@H](O)[C@@H]2O)C(N)=O)O[C@@H](n2ccc(=O)[nH]c2=O)[C@@H]1O. The van der Waals surface area contributed by atoms with Crippen LogP contribution in [-0.4, -0.2) is 93.3 Å². The van der Waals surface area contributed by atoms with Crippen LogP contribution in [0.4, 0.5) is 0 Å².